The van der Waals surface area contributed by atoms with Crippen LogP contribution in [-0.4, -0.2) is 40.0 Å². The van der Waals surface area contributed by atoms with Gasteiger partial charge < -0.3 is 10.0 Å². The Bertz CT molecular complexity index is 746. The summed E-state index contributed by atoms with van der Waals surface area (Å²) < 4.78 is 0. The summed E-state index contributed by atoms with van der Waals surface area (Å²) in [6, 6.07) is 11.0. The highest BCUT2D eigenvalue weighted by Gasteiger charge is 2.26. The monoisotopic (exact) mass is 338 g/mol. The normalized spacial score (nSPS) is 16.8. The van der Waals surface area contributed by atoms with Gasteiger partial charge >= 0.3 is 5.97 Å². The fourth-order valence-corrected chi connectivity index (χ4v) is 3.35. The molecule has 0 saturated carbocycles. The summed E-state index contributed by atoms with van der Waals surface area (Å²) in [5.41, 5.74) is 2.42. The summed E-state index contributed by atoms with van der Waals surface area (Å²) in [6.07, 6.45) is 6.54. The number of hydrogen-bond acceptors (Lipinski definition) is 3. The maximum Gasteiger partial charge on any atom is 0.335 e. The fourth-order valence-electron chi connectivity index (χ4n) is 3.35. The van der Waals surface area contributed by atoms with Crippen molar-refractivity contribution in [2.45, 2.75) is 25.7 Å². The second-order valence-electron chi connectivity index (χ2n) is 6.57. The number of benzene rings is 1. The van der Waals surface area contributed by atoms with Gasteiger partial charge in [0, 0.05) is 31.9 Å². The topological polar surface area (TPSA) is 70.5 Å². The van der Waals surface area contributed by atoms with Crippen LogP contribution in [0.15, 0.2) is 48.8 Å². The van der Waals surface area contributed by atoms with E-state index in [0.717, 1.165) is 37.1 Å². The van der Waals surface area contributed by atoms with E-state index in [9.17, 15) is 9.59 Å². The van der Waals surface area contributed by atoms with Crippen LogP contribution in [-0.2, 0) is 17.6 Å². The van der Waals surface area contributed by atoms with Crippen molar-refractivity contribution in [1.82, 2.24) is 9.88 Å². The van der Waals surface area contributed by atoms with Crippen molar-refractivity contribution in [2.75, 3.05) is 13.1 Å². The van der Waals surface area contributed by atoms with Gasteiger partial charge in [-0.25, -0.2) is 4.79 Å². The number of nitrogens with zero attached hydrogens (tertiary/aromatic N) is 2. The Morgan fingerprint density at radius 3 is 2.80 bits per heavy atom. The van der Waals surface area contributed by atoms with E-state index in [-0.39, 0.29) is 5.91 Å². The number of carbonyl (C=O) groups is 2. The van der Waals surface area contributed by atoms with Crippen molar-refractivity contribution in [2.24, 2.45) is 5.92 Å². The van der Waals surface area contributed by atoms with Gasteiger partial charge in [0.05, 0.1) is 5.56 Å². The van der Waals surface area contributed by atoms with Crippen molar-refractivity contribution in [3.63, 3.8) is 0 Å². The number of amides is 1. The van der Waals surface area contributed by atoms with Crippen LogP contribution in [0.3, 0.4) is 0 Å². The highest BCUT2D eigenvalue weighted by atomic mass is 16.4. The van der Waals surface area contributed by atoms with E-state index in [1.54, 1.807) is 30.6 Å². The maximum absolute atomic E-state index is 12.4. The van der Waals surface area contributed by atoms with Gasteiger partial charge in [-0.1, -0.05) is 18.2 Å². The summed E-state index contributed by atoms with van der Waals surface area (Å²) >= 11 is 0. The third-order valence-electron chi connectivity index (χ3n) is 4.69. The van der Waals surface area contributed by atoms with E-state index in [0.29, 0.717) is 24.3 Å². The minimum Gasteiger partial charge on any atom is -0.478 e. The molecule has 1 amide bonds. The fraction of sp³-hybridized carbons (Fsp3) is 0.350. The number of aromatic nitrogens is 1. The Morgan fingerprint density at radius 2 is 2.04 bits per heavy atom. The first kappa shape index (κ1) is 17.1. The molecule has 0 unspecified atom stereocenters. The maximum atomic E-state index is 12.4. The zero-order valence-electron chi connectivity index (χ0n) is 14.1. The predicted octanol–water partition coefficient (Wildman–Crippen LogP) is 2.80. The molecule has 2 heterocycles. The first-order valence-electron chi connectivity index (χ1n) is 8.61. The molecule has 0 spiro atoms. The third-order valence-corrected chi connectivity index (χ3v) is 4.69. The smallest absolute Gasteiger partial charge is 0.335 e. The third kappa shape index (κ3) is 4.66. The second-order valence-corrected chi connectivity index (χ2v) is 6.57. The van der Waals surface area contributed by atoms with E-state index < -0.39 is 5.97 Å². The van der Waals surface area contributed by atoms with Crippen LogP contribution in [0.25, 0.3) is 0 Å². The SMILES string of the molecule is O=C(O)c1cccc(C[C@@H]2CCN(C(=O)CCc3cccnc3)C2)c1. The molecule has 1 aromatic carbocycles. The summed E-state index contributed by atoms with van der Waals surface area (Å²) in [5, 5.41) is 9.08. The summed E-state index contributed by atoms with van der Waals surface area (Å²) in [6.45, 7) is 1.54. The van der Waals surface area contributed by atoms with Crippen LogP contribution < -0.4 is 0 Å². The van der Waals surface area contributed by atoms with Gasteiger partial charge in [-0.3, -0.25) is 9.78 Å². The van der Waals surface area contributed by atoms with Crippen molar-refractivity contribution in [3.8, 4) is 0 Å². The quantitative estimate of drug-likeness (QED) is 0.879. The molecule has 0 aliphatic carbocycles. The van der Waals surface area contributed by atoms with Crippen LogP contribution >= 0.6 is 0 Å². The lowest BCUT2D eigenvalue weighted by molar-refractivity contribution is -0.130. The Kier molecular flexibility index (Phi) is 5.43. The molecule has 1 fully saturated rings. The van der Waals surface area contributed by atoms with Gasteiger partial charge in [0.25, 0.3) is 0 Å². The summed E-state index contributed by atoms with van der Waals surface area (Å²) in [7, 11) is 0. The molecule has 2 aromatic rings. The van der Waals surface area contributed by atoms with Crippen LogP contribution in [0.4, 0.5) is 0 Å². The van der Waals surface area contributed by atoms with E-state index in [2.05, 4.69) is 4.98 Å². The number of carboxylic acids is 1. The molecule has 1 N–H and O–H groups in total. The van der Waals surface area contributed by atoms with E-state index in [1.807, 2.05) is 23.1 Å². The minimum absolute atomic E-state index is 0.186. The lowest BCUT2D eigenvalue weighted by Gasteiger charge is -2.16. The van der Waals surface area contributed by atoms with Crippen LogP contribution in [0.1, 0.15) is 34.3 Å². The standard InChI is InChI=1S/C20H22N2O3/c23-19(7-6-15-4-2-9-21-13-15)22-10-8-17(14-22)11-16-3-1-5-18(12-16)20(24)25/h1-5,9,12-13,17H,6-8,10-11,14H2,(H,24,25)/t17-/m0/s1. The number of carbonyl (C=O) groups excluding carboxylic acids is 1. The Morgan fingerprint density at radius 1 is 1.20 bits per heavy atom. The number of aryl methyl sites for hydroxylation is 1. The number of aromatic carboxylic acids is 1. The van der Waals surface area contributed by atoms with Gasteiger partial charge in [-0.05, 0) is 54.5 Å². The van der Waals surface area contributed by atoms with Crippen LogP contribution in [0, 0.1) is 5.92 Å². The molecular weight excluding hydrogens is 316 g/mol. The number of rotatable bonds is 6. The van der Waals surface area contributed by atoms with Gasteiger partial charge in [0.2, 0.25) is 5.91 Å². The van der Waals surface area contributed by atoms with Gasteiger partial charge in [0.15, 0.2) is 0 Å². The summed E-state index contributed by atoms with van der Waals surface area (Å²) in [5.74, 6) is -0.322. The average Bonchev–Trinajstić information content (AvgIpc) is 3.09. The molecule has 25 heavy (non-hydrogen) atoms. The van der Waals surface area contributed by atoms with Crippen molar-refractivity contribution < 1.29 is 14.7 Å². The second kappa shape index (κ2) is 7.92. The molecule has 0 bridgehead atoms. The highest BCUT2D eigenvalue weighted by molar-refractivity contribution is 5.87. The highest BCUT2D eigenvalue weighted by Crippen LogP contribution is 2.22. The molecule has 5 heteroatoms. The van der Waals surface area contributed by atoms with E-state index in [4.69, 9.17) is 5.11 Å². The Hall–Kier alpha value is -2.69. The van der Waals surface area contributed by atoms with Crippen molar-refractivity contribution in [1.29, 1.82) is 0 Å². The van der Waals surface area contributed by atoms with Gasteiger partial charge in [0.1, 0.15) is 0 Å². The van der Waals surface area contributed by atoms with Crippen LogP contribution in [0.5, 0.6) is 0 Å². The molecule has 1 aromatic heterocycles. The molecule has 1 aliphatic heterocycles. The molecule has 1 atom stereocenters. The zero-order valence-corrected chi connectivity index (χ0v) is 14.1. The number of carboxylic acid groups (broad SMARTS) is 1. The van der Waals surface area contributed by atoms with Crippen molar-refractivity contribution >= 4 is 11.9 Å². The first-order valence-corrected chi connectivity index (χ1v) is 8.61. The number of pyridine rings is 1. The molecule has 0 radical (unpaired) electrons. The Balaban J connectivity index is 1.50. The zero-order chi connectivity index (χ0) is 17.6. The van der Waals surface area contributed by atoms with Gasteiger partial charge in [-0.15, -0.1) is 0 Å². The molecule has 1 saturated heterocycles. The molecular formula is C20H22N2O3. The molecule has 130 valence electrons. The molecule has 5 nitrogen and oxygen atoms in total. The molecule has 3 rings (SSSR count). The van der Waals surface area contributed by atoms with E-state index >= 15 is 0 Å². The molecule has 1 aliphatic rings. The van der Waals surface area contributed by atoms with Crippen LogP contribution in [0.2, 0.25) is 0 Å². The van der Waals surface area contributed by atoms with E-state index in [1.165, 1.54) is 0 Å². The largest absolute Gasteiger partial charge is 0.478 e. The Labute approximate surface area is 147 Å². The lowest BCUT2D eigenvalue weighted by atomic mass is 9.97. The lowest BCUT2D eigenvalue weighted by Crippen LogP contribution is -2.29. The number of likely N-dealkylation sites (tertiary alicyclic amines) is 1. The summed E-state index contributed by atoms with van der Waals surface area (Å²) in [4.78, 5) is 29.5. The predicted molar refractivity (Wildman–Crippen MR) is 94.4 cm³/mol. The number of hydrogen-bond donors (Lipinski definition) is 1. The minimum atomic E-state index is -0.902. The first-order chi connectivity index (χ1) is 12.1. The van der Waals surface area contributed by atoms with Gasteiger partial charge in [-0.2, -0.15) is 0 Å². The van der Waals surface area contributed by atoms with Crippen molar-refractivity contribution in [3.05, 3.63) is 65.5 Å². The average molecular weight is 338 g/mol.